The Balaban J connectivity index is 1.30. The highest BCUT2D eigenvalue weighted by Gasteiger charge is 2.21. The summed E-state index contributed by atoms with van der Waals surface area (Å²) in [7, 11) is 1.73. The van der Waals surface area contributed by atoms with Crippen molar-refractivity contribution in [3.63, 3.8) is 0 Å². The molecule has 0 radical (unpaired) electrons. The molecule has 0 spiro atoms. The lowest BCUT2D eigenvalue weighted by Crippen LogP contribution is -2.33. The number of aryl methyl sites for hydroxylation is 1. The van der Waals surface area contributed by atoms with Gasteiger partial charge in [0.05, 0.1) is 7.11 Å². The molecule has 3 nitrogen and oxygen atoms in total. The molecule has 0 unspecified atom stereocenters. The van der Waals surface area contributed by atoms with Crippen LogP contribution in [0.2, 0.25) is 5.02 Å². The number of piperidine rings is 1. The minimum atomic E-state index is 0.706. The van der Waals surface area contributed by atoms with Gasteiger partial charge in [0.15, 0.2) is 0 Å². The van der Waals surface area contributed by atoms with Gasteiger partial charge in [0, 0.05) is 21.6 Å². The number of H-pyrrole nitrogens is 1. The predicted molar refractivity (Wildman–Crippen MR) is 138 cm³/mol. The molecule has 4 heteroatoms. The smallest absolute Gasteiger partial charge is 0.119 e. The number of halogens is 1. The van der Waals surface area contributed by atoms with E-state index < -0.39 is 0 Å². The van der Waals surface area contributed by atoms with Crippen LogP contribution >= 0.6 is 11.6 Å². The van der Waals surface area contributed by atoms with E-state index in [0.717, 1.165) is 41.2 Å². The summed E-state index contributed by atoms with van der Waals surface area (Å²) in [5, 5.41) is 2.00. The maximum absolute atomic E-state index is 6.31. The highest BCUT2D eigenvalue weighted by Crippen LogP contribution is 2.35. The van der Waals surface area contributed by atoms with E-state index in [1.165, 1.54) is 48.1 Å². The zero-order valence-electron chi connectivity index (χ0n) is 19.2. The summed E-state index contributed by atoms with van der Waals surface area (Å²) >= 11 is 6.31. The lowest BCUT2D eigenvalue weighted by molar-refractivity contribution is 0.210. The van der Waals surface area contributed by atoms with Gasteiger partial charge in [-0.05, 0) is 98.3 Å². The molecule has 0 bridgehead atoms. The number of ether oxygens (including phenoxy) is 1. The third kappa shape index (κ3) is 4.95. The van der Waals surface area contributed by atoms with Crippen LogP contribution in [-0.4, -0.2) is 36.6 Å². The molecule has 1 aromatic heterocycles. The third-order valence-electron chi connectivity index (χ3n) is 6.99. The number of aromatic amines is 1. The summed E-state index contributed by atoms with van der Waals surface area (Å²) in [5.74, 6) is 1.60. The van der Waals surface area contributed by atoms with E-state index in [2.05, 4.69) is 58.4 Å². The summed E-state index contributed by atoms with van der Waals surface area (Å²) in [6.45, 7) is 3.50. The van der Waals surface area contributed by atoms with Gasteiger partial charge in [-0.2, -0.15) is 0 Å². The van der Waals surface area contributed by atoms with Crippen LogP contribution in [0.15, 0.2) is 72.8 Å². The number of nitrogens with zero attached hydrogens (tertiary/aromatic N) is 1. The number of methoxy groups -OCH3 is 1. The van der Waals surface area contributed by atoms with Crippen molar-refractivity contribution in [2.75, 3.05) is 26.7 Å². The maximum atomic E-state index is 6.31. The van der Waals surface area contributed by atoms with Crippen LogP contribution in [0.25, 0.3) is 22.2 Å². The Morgan fingerprint density at radius 2 is 1.79 bits per heavy atom. The molecule has 0 amide bonds. The van der Waals surface area contributed by atoms with Crippen molar-refractivity contribution in [2.24, 2.45) is 0 Å². The fourth-order valence-electron chi connectivity index (χ4n) is 5.20. The Labute approximate surface area is 201 Å². The summed E-state index contributed by atoms with van der Waals surface area (Å²) < 4.78 is 5.51. The molecule has 1 fully saturated rings. The first kappa shape index (κ1) is 22.1. The number of hydrogen-bond donors (Lipinski definition) is 1. The van der Waals surface area contributed by atoms with Gasteiger partial charge >= 0.3 is 0 Å². The normalized spacial score (nSPS) is 15.2. The standard InChI is InChI=1S/C29H31ClN2O/c1-33-25-12-13-28-27(20-25)26(29(31-28)23-9-5-10-24(30)19-23)11-6-16-32-17-14-22(15-18-32)21-7-3-2-4-8-21/h2-5,7-10,12-13,19-20,22,31H,6,11,14-18H2,1H3. The van der Waals surface area contributed by atoms with E-state index in [-0.39, 0.29) is 0 Å². The first-order valence-electron chi connectivity index (χ1n) is 11.9. The first-order valence-corrected chi connectivity index (χ1v) is 12.3. The van der Waals surface area contributed by atoms with Crippen molar-refractivity contribution in [3.05, 3.63) is 88.9 Å². The van der Waals surface area contributed by atoms with Crippen molar-refractivity contribution in [2.45, 2.75) is 31.6 Å². The highest BCUT2D eigenvalue weighted by atomic mass is 35.5. The molecular formula is C29H31ClN2O. The van der Waals surface area contributed by atoms with Crippen molar-refractivity contribution >= 4 is 22.5 Å². The second kappa shape index (κ2) is 10.0. The van der Waals surface area contributed by atoms with Crippen molar-refractivity contribution in [1.29, 1.82) is 0 Å². The van der Waals surface area contributed by atoms with E-state index in [9.17, 15) is 0 Å². The molecule has 1 aliphatic rings. The van der Waals surface area contributed by atoms with Crippen LogP contribution in [0.4, 0.5) is 0 Å². The SMILES string of the molecule is COc1ccc2[nH]c(-c3cccc(Cl)c3)c(CCCN3CCC(c4ccccc4)CC3)c2c1. The van der Waals surface area contributed by atoms with Crippen LogP contribution in [-0.2, 0) is 6.42 Å². The zero-order valence-corrected chi connectivity index (χ0v) is 19.9. The molecule has 0 aliphatic carbocycles. The minimum absolute atomic E-state index is 0.706. The van der Waals surface area contributed by atoms with E-state index in [1.807, 2.05) is 24.3 Å². The molecule has 1 aliphatic heterocycles. The van der Waals surface area contributed by atoms with Crippen LogP contribution in [0, 0.1) is 0 Å². The van der Waals surface area contributed by atoms with Crippen LogP contribution < -0.4 is 4.74 Å². The second-order valence-electron chi connectivity index (χ2n) is 9.03. The van der Waals surface area contributed by atoms with Gasteiger partial charge in [-0.1, -0.05) is 54.1 Å². The van der Waals surface area contributed by atoms with Gasteiger partial charge in [0.1, 0.15) is 5.75 Å². The minimum Gasteiger partial charge on any atom is -0.497 e. The summed E-state index contributed by atoms with van der Waals surface area (Å²) in [5.41, 5.74) is 6.30. The lowest BCUT2D eigenvalue weighted by Gasteiger charge is -2.32. The molecule has 170 valence electrons. The number of aromatic nitrogens is 1. The maximum Gasteiger partial charge on any atom is 0.119 e. The molecule has 1 saturated heterocycles. The Kier molecular flexibility index (Phi) is 6.70. The molecule has 3 aromatic carbocycles. The molecule has 1 N–H and O–H groups in total. The van der Waals surface area contributed by atoms with Gasteiger partial charge in [0.25, 0.3) is 0 Å². The van der Waals surface area contributed by atoms with E-state index in [4.69, 9.17) is 16.3 Å². The number of rotatable bonds is 7. The van der Waals surface area contributed by atoms with E-state index in [1.54, 1.807) is 7.11 Å². The zero-order chi connectivity index (χ0) is 22.6. The van der Waals surface area contributed by atoms with E-state index in [0.29, 0.717) is 5.92 Å². The van der Waals surface area contributed by atoms with Gasteiger partial charge in [0.2, 0.25) is 0 Å². The second-order valence-corrected chi connectivity index (χ2v) is 9.47. The van der Waals surface area contributed by atoms with Gasteiger partial charge in [-0.3, -0.25) is 0 Å². The average Bonchev–Trinajstić information content (AvgIpc) is 3.23. The fourth-order valence-corrected chi connectivity index (χ4v) is 5.39. The highest BCUT2D eigenvalue weighted by molar-refractivity contribution is 6.30. The molecule has 33 heavy (non-hydrogen) atoms. The number of hydrogen-bond acceptors (Lipinski definition) is 2. The van der Waals surface area contributed by atoms with Crippen molar-refractivity contribution in [3.8, 4) is 17.0 Å². The van der Waals surface area contributed by atoms with Gasteiger partial charge < -0.3 is 14.6 Å². The van der Waals surface area contributed by atoms with Crippen LogP contribution in [0.5, 0.6) is 5.75 Å². The Morgan fingerprint density at radius 3 is 2.55 bits per heavy atom. The summed E-state index contributed by atoms with van der Waals surface area (Å²) in [4.78, 5) is 6.28. The van der Waals surface area contributed by atoms with Gasteiger partial charge in [-0.25, -0.2) is 0 Å². The fraction of sp³-hybridized carbons (Fsp3) is 0.310. The quantitative estimate of drug-likeness (QED) is 0.314. The Hall–Kier alpha value is -2.75. The topological polar surface area (TPSA) is 28.3 Å². The number of nitrogens with one attached hydrogen (secondary N) is 1. The Morgan fingerprint density at radius 1 is 0.970 bits per heavy atom. The molecule has 0 saturated carbocycles. The van der Waals surface area contributed by atoms with Crippen LogP contribution in [0.3, 0.4) is 0 Å². The number of likely N-dealkylation sites (tertiary alicyclic amines) is 1. The molecule has 5 rings (SSSR count). The monoisotopic (exact) mass is 458 g/mol. The lowest BCUT2D eigenvalue weighted by atomic mass is 9.89. The van der Waals surface area contributed by atoms with Gasteiger partial charge in [-0.15, -0.1) is 0 Å². The number of fused-ring (bicyclic) bond motifs is 1. The third-order valence-corrected chi connectivity index (χ3v) is 7.22. The Bertz CT molecular complexity index is 1210. The summed E-state index contributed by atoms with van der Waals surface area (Å²) in [6, 6.07) is 25.4. The number of benzene rings is 3. The van der Waals surface area contributed by atoms with Crippen molar-refractivity contribution in [1.82, 2.24) is 9.88 Å². The molecule has 4 aromatic rings. The average molecular weight is 459 g/mol. The van der Waals surface area contributed by atoms with Crippen LogP contribution in [0.1, 0.15) is 36.3 Å². The summed E-state index contributed by atoms with van der Waals surface area (Å²) in [6.07, 6.45) is 4.66. The predicted octanol–water partition coefficient (Wildman–Crippen LogP) is 7.31. The first-order chi connectivity index (χ1) is 16.2. The largest absolute Gasteiger partial charge is 0.497 e. The van der Waals surface area contributed by atoms with Crippen molar-refractivity contribution < 1.29 is 4.74 Å². The molecule has 0 atom stereocenters. The van der Waals surface area contributed by atoms with E-state index >= 15 is 0 Å². The molecule has 2 heterocycles. The molecular weight excluding hydrogens is 428 g/mol.